The Morgan fingerprint density at radius 1 is 1.50 bits per heavy atom. The van der Waals surface area contributed by atoms with E-state index in [2.05, 4.69) is 12.6 Å². The van der Waals surface area contributed by atoms with E-state index in [9.17, 15) is 4.79 Å². The Balaban J connectivity index is 2.50. The maximum absolute atomic E-state index is 11.9. The zero-order valence-electron chi connectivity index (χ0n) is 10.9. The highest BCUT2D eigenvalue weighted by Crippen LogP contribution is 2.08. The predicted octanol–water partition coefficient (Wildman–Crippen LogP) is 1.93. The second kappa shape index (κ2) is 7.67. The van der Waals surface area contributed by atoms with E-state index < -0.39 is 0 Å². The molecule has 0 fully saturated rings. The Morgan fingerprint density at radius 2 is 2.28 bits per heavy atom. The van der Waals surface area contributed by atoms with Crippen LogP contribution in [0.5, 0.6) is 0 Å². The molecule has 0 spiro atoms. The van der Waals surface area contributed by atoms with Crippen LogP contribution in [0.1, 0.15) is 17.5 Å². The molecule has 3 nitrogen and oxygen atoms in total. The quantitative estimate of drug-likeness (QED) is 0.748. The molecule has 18 heavy (non-hydrogen) atoms. The molecule has 0 aromatic heterocycles. The molecule has 0 heterocycles. The van der Waals surface area contributed by atoms with Crippen LogP contribution in [0.25, 0.3) is 0 Å². The van der Waals surface area contributed by atoms with Gasteiger partial charge in [0.15, 0.2) is 0 Å². The van der Waals surface area contributed by atoms with Crippen molar-refractivity contribution in [3.8, 4) is 0 Å². The zero-order chi connectivity index (χ0) is 13.4. The highest BCUT2D eigenvalue weighted by atomic mass is 16.3. The first-order valence-corrected chi connectivity index (χ1v) is 6.22. The SMILES string of the molecule is C=CCN(CCO)C(=O)CCc1cccc(C)c1. The Kier molecular flexibility index (Phi) is 6.15. The van der Waals surface area contributed by atoms with Crippen LogP contribution in [0.15, 0.2) is 36.9 Å². The van der Waals surface area contributed by atoms with Gasteiger partial charge < -0.3 is 10.0 Å². The molecule has 1 aromatic carbocycles. The Morgan fingerprint density at radius 3 is 2.89 bits per heavy atom. The molecule has 3 heteroatoms. The molecule has 0 saturated heterocycles. The van der Waals surface area contributed by atoms with E-state index in [0.29, 0.717) is 19.5 Å². The van der Waals surface area contributed by atoms with Crippen LogP contribution in [-0.2, 0) is 11.2 Å². The molecule has 1 aromatic rings. The molecule has 0 saturated carbocycles. The van der Waals surface area contributed by atoms with Crippen molar-refractivity contribution in [2.45, 2.75) is 19.8 Å². The number of hydrogen-bond acceptors (Lipinski definition) is 2. The lowest BCUT2D eigenvalue weighted by molar-refractivity contribution is -0.131. The lowest BCUT2D eigenvalue weighted by Crippen LogP contribution is -2.33. The number of aliphatic hydroxyl groups excluding tert-OH is 1. The van der Waals surface area contributed by atoms with Gasteiger partial charge in [0.1, 0.15) is 0 Å². The third-order valence-electron chi connectivity index (χ3n) is 2.78. The average Bonchev–Trinajstić information content (AvgIpc) is 2.36. The predicted molar refractivity (Wildman–Crippen MR) is 73.4 cm³/mol. The number of nitrogens with zero attached hydrogens (tertiary/aromatic N) is 1. The minimum absolute atomic E-state index is 0.00990. The van der Waals surface area contributed by atoms with Gasteiger partial charge in [-0.2, -0.15) is 0 Å². The third-order valence-corrected chi connectivity index (χ3v) is 2.78. The maximum Gasteiger partial charge on any atom is 0.223 e. The van der Waals surface area contributed by atoms with E-state index >= 15 is 0 Å². The summed E-state index contributed by atoms with van der Waals surface area (Å²) in [7, 11) is 0. The second-order valence-electron chi connectivity index (χ2n) is 4.34. The molecule has 0 radical (unpaired) electrons. The van der Waals surface area contributed by atoms with Crippen LogP contribution in [0.2, 0.25) is 0 Å². The molecule has 0 bridgehead atoms. The summed E-state index contributed by atoms with van der Waals surface area (Å²) in [4.78, 5) is 13.6. The number of aliphatic hydroxyl groups is 1. The van der Waals surface area contributed by atoms with Crippen molar-refractivity contribution in [2.75, 3.05) is 19.7 Å². The van der Waals surface area contributed by atoms with Crippen molar-refractivity contribution >= 4 is 5.91 Å². The van der Waals surface area contributed by atoms with Crippen LogP contribution in [-0.4, -0.2) is 35.6 Å². The smallest absolute Gasteiger partial charge is 0.223 e. The fourth-order valence-corrected chi connectivity index (χ4v) is 1.87. The zero-order valence-corrected chi connectivity index (χ0v) is 10.9. The number of aryl methyl sites for hydroxylation is 2. The van der Waals surface area contributed by atoms with E-state index in [1.165, 1.54) is 11.1 Å². The fourth-order valence-electron chi connectivity index (χ4n) is 1.87. The van der Waals surface area contributed by atoms with Crippen molar-refractivity contribution in [3.05, 3.63) is 48.0 Å². The summed E-state index contributed by atoms with van der Waals surface area (Å²) >= 11 is 0. The first-order chi connectivity index (χ1) is 8.67. The van der Waals surface area contributed by atoms with Gasteiger partial charge in [-0.3, -0.25) is 4.79 Å². The molecule has 1 rings (SSSR count). The lowest BCUT2D eigenvalue weighted by Gasteiger charge is -2.19. The largest absolute Gasteiger partial charge is 0.395 e. The molecule has 0 aliphatic heterocycles. The van der Waals surface area contributed by atoms with Gasteiger partial charge in [0.25, 0.3) is 0 Å². The highest BCUT2D eigenvalue weighted by molar-refractivity contribution is 5.76. The summed E-state index contributed by atoms with van der Waals surface area (Å²) in [6, 6.07) is 8.17. The Labute approximate surface area is 109 Å². The van der Waals surface area contributed by atoms with E-state index in [1.54, 1.807) is 11.0 Å². The molecule has 0 aliphatic carbocycles. The molecule has 0 unspecified atom stereocenters. The Bertz CT molecular complexity index is 401. The first kappa shape index (κ1) is 14.5. The number of hydrogen-bond donors (Lipinski definition) is 1. The topological polar surface area (TPSA) is 40.5 Å². The number of rotatable bonds is 7. The summed E-state index contributed by atoms with van der Waals surface area (Å²) < 4.78 is 0. The maximum atomic E-state index is 11.9. The van der Waals surface area contributed by atoms with Crippen molar-refractivity contribution in [3.63, 3.8) is 0 Å². The monoisotopic (exact) mass is 247 g/mol. The van der Waals surface area contributed by atoms with Gasteiger partial charge in [0.05, 0.1) is 6.61 Å². The second-order valence-corrected chi connectivity index (χ2v) is 4.34. The molecule has 98 valence electrons. The molecule has 1 N–H and O–H groups in total. The Hall–Kier alpha value is -1.61. The number of carbonyl (C=O) groups excluding carboxylic acids is 1. The van der Waals surface area contributed by atoms with Crippen molar-refractivity contribution in [1.29, 1.82) is 0 Å². The number of carbonyl (C=O) groups is 1. The van der Waals surface area contributed by atoms with Crippen molar-refractivity contribution in [1.82, 2.24) is 4.90 Å². The lowest BCUT2D eigenvalue weighted by atomic mass is 10.1. The van der Waals surface area contributed by atoms with Crippen LogP contribution in [0, 0.1) is 6.92 Å². The molecule has 0 atom stereocenters. The van der Waals surface area contributed by atoms with Gasteiger partial charge >= 0.3 is 0 Å². The fraction of sp³-hybridized carbons (Fsp3) is 0.400. The molecule has 0 aliphatic rings. The van der Waals surface area contributed by atoms with Crippen LogP contribution >= 0.6 is 0 Å². The van der Waals surface area contributed by atoms with E-state index in [0.717, 1.165) is 6.42 Å². The van der Waals surface area contributed by atoms with Gasteiger partial charge in [-0.05, 0) is 18.9 Å². The van der Waals surface area contributed by atoms with E-state index in [1.807, 2.05) is 25.1 Å². The molecule has 1 amide bonds. The van der Waals surface area contributed by atoms with Crippen LogP contribution in [0.3, 0.4) is 0 Å². The summed E-state index contributed by atoms with van der Waals surface area (Å²) in [6.07, 6.45) is 2.89. The average molecular weight is 247 g/mol. The number of amides is 1. The minimum Gasteiger partial charge on any atom is -0.395 e. The van der Waals surface area contributed by atoms with E-state index in [4.69, 9.17) is 5.11 Å². The van der Waals surface area contributed by atoms with Crippen LogP contribution in [0.4, 0.5) is 0 Å². The van der Waals surface area contributed by atoms with Gasteiger partial charge in [-0.15, -0.1) is 6.58 Å². The van der Waals surface area contributed by atoms with Crippen molar-refractivity contribution < 1.29 is 9.90 Å². The summed E-state index contributed by atoms with van der Waals surface area (Å²) in [6.45, 7) is 6.52. The molecular weight excluding hydrogens is 226 g/mol. The number of benzene rings is 1. The minimum atomic E-state index is -0.00990. The van der Waals surface area contributed by atoms with Gasteiger partial charge in [0.2, 0.25) is 5.91 Å². The summed E-state index contributed by atoms with van der Waals surface area (Å²) in [5.74, 6) is 0.0606. The van der Waals surface area contributed by atoms with Gasteiger partial charge in [0, 0.05) is 19.5 Å². The molecular formula is C15H21NO2. The first-order valence-electron chi connectivity index (χ1n) is 6.22. The normalized spacial score (nSPS) is 10.1. The standard InChI is InChI=1S/C15H21NO2/c1-3-9-16(10-11-17)15(18)8-7-14-6-4-5-13(2)12-14/h3-6,12,17H,1,7-11H2,2H3. The van der Waals surface area contributed by atoms with Crippen LogP contribution < -0.4 is 0 Å². The summed E-state index contributed by atoms with van der Waals surface area (Å²) in [5, 5.41) is 8.91. The van der Waals surface area contributed by atoms with E-state index in [-0.39, 0.29) is 12.5 Å². The van der Waals surface area contributed by atoms with Gasteiger partial charge in [-0.25, -0.2) is 0 Å². The third kappa shape index (κ3) is 4.72. The highest BCUT2D eigenvalue weighted by Gasteiger charge is 2.11. The van der Waals surface area contributed by atoms with Crippen molar-refractivity contribution in [2.24, 2.45) is 0 Å². The summed E-state index contributed by atoms with van der Waals surface area (Å²) in [5.41, 5.74) is 2.38. The van der Waals surface area contributed by atoms with Gasteiger partial charge in [-0.1, -0.05) is 35.9 Å².